The Kier molecular flexibility index (Phi) is 4.48. The third-order valence-corrected chi connectivity index (χ3v) is 4.19. The molecule has 2 aromatic rings. The van der Waals surface area contributed by atoms with Gasteiger partial charge in [0.25, 0.3) is 0 Å². The Hall–Kier alpha value is -2.21. The Labute approximate surface area is 129 Å². The van der Waals surface area contributed by atoms with Gasteiger partial charge in [-0.15, -0.1) is 0 Å². The summed E-state index contributed by atoms with van der Waals surface area (Å²) in [4.78, 5) is 17.1. The van der Waals surface area contributed by atoms with Crippen molar-refractivity contribution in [2.24, 2.45) is 0 Å². The molecule has 6 nitrogen and oxygen atoms in total. The number of piperidine rings is 1. The summed E-state index contributed by atoms with van der Waals surface area (Å²) in [7, 11) is 0. The number of pyridine rings is 1. The second-order valence-electron chi connectivity index (χ2n) is 5.56. The van der Waals surface area contributed by atoms with Crippen LogP contribution in [0.2, 0.25) is 0 Å². The Balaban J connectivity index is 1.65. The van der Waals surface area contributed by atoms with E-state index in [0.717, 1.165) is 38.0 Å². The summed E-state index contributed by atoms with van der Waals surface area (Å²) in [6, 6.07) is 7.69. The zero-order valence-electron chi connectivity index (χ0n) is 12.5. The third-order valence-electron chi connectivity index (χ3n) is 4.19. The minimum Gasteiger partial charge on any atom is -0.354 e. The van der Waals surface area contributed by atoms with Gasteiger partial charge in [-0.1, -0.05) is 6.07 Å². The lowest BCUT2D eigenvalue weighted by Crippen LogP contribution is -2.54. The number of rotatable bonds is 5. The van der Waals surface area contributed by atoms with Crippen LogP contribution in [0, 0.1) is 0 Å². The van der Waals surface area contributed by atoms with Gasteiger partial charge in [-0.3, -0.25) is 14.5 Å². The van der Waals surface area contributed by atoms with Crippen molar-refractivity contribution in [3.8, 4) is 0 Å². The van der Waals surface area contributed by atoms with E-state index in [1.165, 1.54) is 0 Å². The average Bonchev–Trinajstić information content (AvgIpc) is 3.11. The Morgan fingerprint density at radius 3 is 2.82 bits per heavy atom. The molecular weight excluding hydrogens is 278 g/mol. The number of hydrogen-bond acceptors (Lipinski definition) is 4. The van der Waals surface area contributed by atoms with Gasteiger partial charge in [0.15, 0.2) is 0 Å². The monoisotopic (exact) mass is 299 g/mol. The van der Waals surface area contributed by atoms with E-state index in [1.54, 1.807) is 12.4 Å². The molecule has 0 aliphatic carbocycles. The van der Waals surface area contributed by atoms with Crippen LogP contribution >= 0.6 is 0 Å². The van der Waals surface area contributed by atoms with E-state index in [4.69, 9.17) is 0 Å². The zero-order valence-corrected chi connectivity index (χ0v) is 12.5. The molecule has 2 aromatic heterocycles. The van der Waals surface area contributed by atoms with Crippen molar-refractivity contribution in [3.05, 3.63) is 48.5 Å². The van der Waals surface area contributed by atoms with Crippen LogP contribution < -0.4 is 10.6 Å². The van der Waals surface area contributed by atoms with Crippen LogP contribution in [0.1, 0.15) is 18.5 Å². The first kappa shape index (κ1) is 14.7. The lowest BCUT2D eigenvalue weighted by molar-refractivity contribution is -0.131. The molecule has 0 aromatic carbocycles. The molecule has 3 heterocycles. The van der Waals surface area contributed by atoms with Gasteiger partial charge >= 0.3 is 0 Å². The van der Waals surface area contributed by atoms with Gasteiger partial charge < -0.3 is 10.6 Å². The summed E-state index contributed by atoms with van der Waals surface area (Å²) in [6.07, 6.45) is 7.62. The minimum atomic E-state index is -0.571. The Morgan fingerprint density at radius 2 is 2.14 bits per heavy atom. The Morgan fingerprint density at radius 1 is 1.27 bits per heavy atom. The normalized spacial score (nSPS) is 17.1. The molecule has 1 fully saturated rings. The molecule has 0 saturated carbocycles. The third kappa shape index (κ3) is 3.01. The molecule has 6 heteroatoms. The lowest BCUT2D eigenvalue weighted by Gasteiger charge is -2.36. The van der Waals surface area contributed by atoms with Crippen molar-refractivity contribution >= 4 is 5.91 Å². The molecule has 1 aliphatic rings. The van der Waals surface area contributed by atoms with Gasteiger partial charge in [0.2, 0.25) is 5.91 Å². The molecule has 0 atom stereocenters. The number of aromatic nitrogens is 3. The first-order valence-electron chi connectivity index (χ1n) is 7.70. The average molecular weight is 299 g/mol. The molecule has 0 bridgehead atoms. The fourth-order valence-electron chi connectivity index (χ4n) is 2.94. The highest BCUT2D eigenvalue weighted by atomic mass is 16.2. The van der Waals surface area contributed by atoms with E-state index in [2.05, 4.69) is 20.7 Å². The standard InChI is InChI=1S/C16H21N5O/c22-15(19-10-5-14-4-1-2-8-18-14)16(6-11-17-12-7-16)21-13-3-9-20-21/h1-4,8-9,13,17H,5-7,10-12H2,(H,19,22). The molecule has 22 heavy (non-hydrogen) atoms. The fraction of sp³-hybridized carbons (Fsp3) is 0.438. The van der Waals surface area contributed by atoms with Gasteiger partial charge in [0.1, 0.15) is 5.54 Å². The van der Waals surface area contributed by atoms with Crippen LogP contribution in [0.3, 0.4) is 0 Å². The summed E-state index contributed by atoms with van der Waals surface area (Å²) >= 11 is 0. The molecule has 1 amide bonds. The molecule has 116 valence electrons. The van der Waals surface area contributed by atoms with E-state index < -0.39 is 5.54 Å². The number of hydrogen-bond donors (Lipinski definition) is 2. The molecule has 0 spiro atoms. The first-order valence-corrected chi connectivity index (χ1v) is 7.70. The van der Waals surface area contributed by atoms with Crippen molar-refractivity contribution in [2.45, 2.75) is 24.8 Å². The zero-order chi connectivity index (χ0) is 15.3. The van der Waals surface area contributed by atoms with Crippen molar-refractivity contribution in [3.63, 3.8) is 0 Å². The number of carbonyl (C=O) groups excluding carboxylic acids is 1. The maximum Gasteiger partial charge on any atom is 0.248 e. The molecule has 0 unspecified atom stereocenters. The summed E-state index contributed by atoms with van der Waals surface area (Å²) in [5.74, 6) is 0.0497. The largest absolute Gasteiger partial charge is 0.354 e. The molecule has 2 N–H and O–H groups in total. The Bertz CT molecular complexity index is 590. The summed E-state index contributed by atoms with van der Waals surface area (Å²) in [6.45, 7) is 2.24. The molecule has 3 rings (SSSR count). The maximum atomic E-state index is 12.8. The number of amides is 1. The van der Waals surface area contributed by atoms with Crippen LogP contribution in [0.5, 0.6) is 0 Å². The van der Waals surface area contributed by atoms with Gasteiger partial charge in [0.05, 0.1) is 0 Å². The minimum absolute atomic E-state index is 0.0497. The smallest absolute Gasteiger partial charge is 0.248 e. The second-order valence-corrected chi connectivity index (χ2v) is 5.56. The quantitative estimate of drug-likeness (QED) is 0.853. The van der Waals surface area contributed by atoms with E-state index in [1.807, 2.05) is 35.1 Å². The fourth-order valence-corrected chi connectivity index (χ4v) is 2.94. The number of nitrogens with one attached hydrogen (secondary N) is 2. The van der Waals surface area contributed by atoms with Crippen LogP contribution in [-0.2, 0) is 16.8 Å². The SMILES string of the molecule is O=C(NCCc1ccccn1)C1(n2cccn2)CCNCC1. The lowest BCUT2D eigenvalue weighted by atomic mass is 9.87. The molecule has 1 aliphatic heterocycles. The predicted molar refractivity (Wildman–Crippen MR) is 83.3 cm³/mol. The van der Waals surface area contributed by atoms with E-state index in [0.29, 0.717) is 6.54 Å². The van der Waals surface area contributed by atoms with Gasteiger partial charge in [-0.25, -0.2) is 0 Å². The van der Waals surface area contributed by atoms with E-state index in [-0.39, 0.29) is 5.91 Å². The first-order chi connectivity index (χ1) is 10.8. The number of carbonyl (C=O) groups is 1. The molecule has 1 saturated heterocycles. The number of nitrogens with zero attached hydrogens (tertiary/aromatic N) is 3. The molecule has 0 radical (unpaired) electrons. The van der Waals surface area contributed by atoms with Gasteiger partial charge in [0, 0.05) is 37.3 Å². The van der Waals surface area contributed by atoms with E-state index in [9.17, 15) is 4.79 Å². The van der Waals surface area contributed by atoms with Crippen molar-refractivity contribution in [1.82, 2.24) is 25.4 Å². The van der Waals surface area contributed by atoms with Crippen LogP contribution in [-0.4, -0.2) is 40.3 Å². The second kappa shape index (κ2) is 6.70. The highest BCUT2D eigenvalue weighted by Crippen LogP contribution is 2.27. The summed E-state index contributed by atoms with van der Waals surface area (Å²) in [5.41, 5.74) is 0.417. The van der Waals surface area contributed by atoms with Crippen molar-refractivity contribution in [1.29, 1.82) is 0 Å². The predicted octanol–water partition coefficient (Wildman–Crippen LogP) is 0.716. The summed E-state index contributed by atoms with van der Waals surface area (Å²) in [5, 5.41) is 10.7. The van der Waals surface area contributed by atoms with E-state index >= 15 is 0 Å². The van der Waals surface area contributed by atoms with Crippen molar-refractivity contribution in [2.75, 3.05) is 19.6 Å². The van der Waals surface area contributed by atoms with Crippen molar-refractivity contribution < 1.29 is 4.79 Å². The van der Waals surface area contributed by atoms with Gasteiger partial charge in [-0.2, -0.15) is 5.10 Å². The summed E-state index contributed by atoms with van der Waals surface area (Å²) < 4.78 is 1.81. The maximum absolute atomic E-state index is 12.8. The van der Waals surface area contributed by atoms with Crippen LogP contribution in [0.25, 0.3) is 0 Å². The topological polar surface area (TPSA) is 71.8 Å². The van der Waals surface area contributed by atoms with Crippen LogP contribution in [0.4, 0.5) is 0 Å². The highest BCUT2D eigenvalue weighted by molar-refractivity contribution is 5.84. The van der Waals surface area contributed by atoms with Crippen LogP contribution in [0.15, 0.2) is 42.9 Å². The van der Waals surface area contributed by atoms with Gasteiger partial charge in [-0.05, 0) is 44.1 Å². The highest BCUT2D eigenvalue weighted by Gasteiger charge is 2.41. The molecular formula is C16H21N5O.